The summed E-state index contributed by atoms with van der Waals surface area (Å²) in [6.45, 7) is 5.25. The second-order valence-corrected chi connectivity index (χ2v) is 6.71. The van der Waals surface area contributed by atoms with Gasteiger partial charge in [0.05, 0.1) is 12.2 Å². The molecule has 3 rings (SSSR count). The first-order valence-electron chi connectivity index (χ1n) is 8.93. The Bertz CT molecular complexity index is 601. The fourth-order valence-corrected chi connectivity index (χ4v) is 3.33. The highest BCUT2D eigenvalue weighted by atomic mass is 19.4. The first-order chi connectivity index (χ1) is 12.4. The molecule has 2 aliphatic heterocycles. The normalized spacial score (nSPS) is 22.9. The SMILES string of the molecule is O=C(C1CNCCO1)N1CCCN(Cc2ccc(C(F)(F)F)cc2)CC1. The fraction of sp³-hybridized carbons (Fsp3) is 0.611. The maximum atomic E-state index is 12.6. The van der Waals surface area contributed by atoms with E-state index >= 15 is 0 Å². The Morgan fingerprint density at radius 2 is 1.92 bits per heavy atom. The number of carbonyl (C=O) groups is 1. The molecule has 1 atom stereocenters. The van der Waals surface area contributed by atoms with Gasteiger partial charge in [-0.1, -0.05) is 12.1 Å². The van der Waals surface area contributed by atoms with Crippen LogP contribution in [-0.2, 0) is 22.3 Å². The van der Waals surface area contributed by atoms with E-state index in [9.17, 15) is 18.0 Å². The first kappa shape index (κ1) is 19.1. The number of hydrogen-bond donors (Lipinski definition) is 1. The summed E-state index contributed by atoms with van der Waals surface area (Å²) < 4.78 is 43.5. The van der Waals surface area contributed by atoms with Crippen LogP contribution in [0.2, 0.25) is 0 Å². The molecule has 144 valence electrons. The minimum atomic E-state index is -4.31. The van der Waals surface area contributed by atoms with Crippen LogP contribution >= 0.6 is 0 Å². The Hall–Kier alpha value is -1.64. The van der Waals surface area contributed by atoms with E-state index in [-0.39, 0.29) is 5.91 Å². The molecule has 1 aromatic rings. The minimum Gasteiger partial charge on any atom is -0.366 e. The summed E-state index contributed by atoms with van der Waals surface area (Å²) >= 11 is 0. The van der Waals surface area contributed by atoms with Crippen molar-refractivity contribution in [2.24, 2.45) is 0 Å². The van der Waals surface area contributed by atoms with E-state index in [0.29, 0.717) is 39.3 Å². The number of carbonyl (C=O) groups excluding carboxylic acids is 1. The summed E-state index contributed by atoms with van der Waals surface area (Å²) in [4.78, 5) is 16.6. The Balaban J connectivity index is 1.52. The van der Waals surface area contributed by atoms with Crippen molar-refractivity contribution in [3.05, 3.63) is 35.4 Å². The maximum Gasteiger partial charge on any atom is 0.416 e. The molecule has 0 bridgehead atoms. The summed E-state index contributed by atoms with van der Waals surface area (Å²) in [5.41, 5.74) is 0.215. The van der Waals surface area contributed by atoms with Crippen LogP contribution in [0.25, 0.3) is 0 Å². The van der Waals surface area contributed by atoms with Gasteiger partial charge in [0.15, 0.2) is 0 Å². The van der Waals surface area contributed by atoms with Crippen molar-refractivity contribution in [2.45, 2.75) is 25.2 Å². The molecule has 0 radical (unpaired) electrons. The van der Waals surface area contributed by atoms with Crippen molar-refractivity contribution < 1.29 is 22.7 Å². The molecule has 5 nitrogen and oxygen atoms in total. The van der Waals surface area contributed by atoms with Gasteiger partial charge in [0.2, 0.25) is 0 Å². The summed E-state index contributed by atoms with van der Waals surface area (Å²) in [5, 5.41) is 3.16. The summed E-state index contributed by atoms with van der Waals surface area (Å²) in [6.07, 6.45) is -3.88. The number of morpholine rings is 1. The molecule has 0 aliphatic carbocycles. The quantitative estimate of drug-likeness (QED) is 0.879. The fourth-order valence-electron chi connectivity index (χ4n) is 3.33. The molecule has 0 saturated carbocycles. The number of ether oxygens (including phenoxy) is 1. The van der Waals surface area contributed by atoms with Crippen LogP contribution in [0.4, 0.5) is 13.2 Å². The zero-order valence-electron chi connectivity index (χ0n) is 14.6. The minimum absolute atomic E-state index is 0.0218. The Kier molecular flexibility index (Phi) is 6.16. The van der Waals surface area contributed by atoms with Crippen molar-refractivity contribution in [1.29, 1.82) is 0 Å². The molecule has 0 aromatic heterocycles. The molecule has 26 heavy (non-hydrogen) atoms. The average molecular weight is 371 g/mol. The van der Waals surface area contributed by atoms with Gasteiger partial charge in [0, 0.05) is 45.8 Å². The van der Waals surface area contributed by atoms with Crippen molar-refractivity contribution >= 4 is 5.91 Å². The lowest BCUT2D eigenvalue weighted by Gasteiger charge is -2.29. The third-order valence-electron chi connectivity index (χ3n) is 4.79. The predicted octanol–water partition coefficient (Wildman–Crippen LogP) is 1.73. The number of rotatable bonds is 3. The van der Waals surface area contributed by atoms with Crippen molar-refractivity contribution in [2.75, 3.05) is 45.9 Å². The van der Waals surface area contributed by atoms with Crippen LogP contribution in [0.5, 0.6) is 0 Å². The molecule has 1 aromatic carbocycles. The lowest BCUT2D eigenvalue weighted by Crippen LogP contribution is -2.50. The number of nitrogens with zero attached hydrogens (tertiary/aromatic N) is 2. The van der Waals surface area contributed by atoms with Gasteiger partial charge in [-0.25, -0.2) is 0 Å². The van der Waals surface area contributed by atoms with Crippen molar-refractivity contribution in [3.8, 4) is 0 Å². The second kappa shape index (κ2) is 8.37. The van der Waals surface area contributed by atoms with Crippen LogP contribution in [-0.4, -0.2) is 67.7 Å². The molecule has 2 fully saturated rings. The van der Waals surface area contributed by atoms with E-state index in [4.69, 9.17) is 4.74 Å². The average Bonchev–Trinajstić information content (AvgIpc) is 2.87. The molecular weight excluding hydrogens is 347 g/mol. The smallest absolute Gasteiger partial charge is 0.366 e. The number of alkyl halides is 3. The Morgan fingerprint density at radius 3 is 2.58 bits per heavy atom. The van der Waals surface area contributed by atoms with Gasteiger partial charge in [0.1, 0.15) is 6.10 Å². The lowest BCUT2D eigenvalue weighted by atomic mass is 10.1. The summed E-state index contributed by atoms with van der Waals surface area (Å²) in [6, 6.07) is 5.29. The van der Waals surface area contributed by atoms with Gasteiger partial charge < -0.3 is 15.0 Å². The maximum absolute atomic E-state index is 12.6. The first-order valence-corrected chi connectivity index (χ1v) is 8.93. The molecular formula is C18H24F3N3O2. The summed E-state index contributed by atoms with van der Waals surface area (Å²) in [5.74, 6) is 0.0218. The highest BCUT2D eigenvalue weighted by Gasteiger charge is 2.30. The molecule has 0 spiro atoms. The topological polar surface area (TPSA) is 44.8 Å². The van der Waals surface area contributed by atoms with Gasteiger partial charge in [0.25, 0.3) is 5.91 Å². The highest BCUT2D eigenvalue weighted by molar-refractivity contribution is 5.81. The number of halogens is 3. The van der Waals surface area contributed by atoms with Gasteiger partial charge in [-0.15, -0.1) is 0 Å². The zero-order valence-corrected chi connectivity index (χ0v) is 14.6. The second-order valence-electron chi connectivity index (χ2n) is 6.71. The van der Waals surface area contributed by atoms with Gasteiger partial charge in [-0.2, -0.15) is 13.2 Å². The Morgan fingerprint density at radius 1 is 1.15 bits per heavy atom. The monoisotopic (exact) mass is 371 g/mol. The van der Waals surface area contributed by atoms with E-state index in [1.54, 1.807) is 0 Å². The molecule has 8 heteroatoms. The standard InChI is InChI=1S/C18H24F3N3O2/c19-18(20,21)15-4-2-14(3-5-15)13-23-7-1-8-24(10-9-23)17(25)16-12-22-6-11-26-16/h2-5,16,22H,1,6-13H2. The molecule has 2 saturated heterocycles. The van der Waals surface area contributed by atoms with Gasteiger partial charge >= 0.3 is 6.18 Å². The molecule has 1 amide bonds. The van der Waals surface area contributed by atoms with Crippen LogP contribution in [0, 0.1) is 0 Å². The number of benzene rings is 1. The van der Waals surface area contributed by atoms with Crippen LogP contribution in [0.3, 0.4) is 0 Å². The molecule has 2 heterocycles. The largest absolute Gasteiger partial charge is 0.416 e. The van der Waals surface area contributed by atoms with Crippen LogP contribution in [0.15, 0.2) is 24.3 Å². The van der Waals surface area contributed by atoms with Crippen molar-refractivity contribution in [3.63, 3.8) is 0 Å². The molecule has 1 unspecified atom stereocenters. The molecule has 1 N–H and O–H groups in total. The Labute approximate surface area is 151 Å². The third-order valence-corrected chi connectivity index (χ3v) is 4.79. The van der Waals surface area contributed by atoms with Crippen LogP contribution < -0.4 is 5.32 Å². The number of nitrogens with one attached hydrogen (secondary N) is 1. The van der Waals surface area contributed by atoms with E-state index < -0.39 is 17.8 Å². The highest BCUT2D eigenvalue weighted by Crippen LogP contribution is 2.29. The number of hydrogen-bond acceptors (Lipinski definition) is 4. The van der Waals surface area contributed by atoms with E-state index in [2.05, 4.69) is 10.2 Å². The number of amides is 1. The summed E-state index contributed by atoms with van der Waals surface area (Å²) in [7, 11) is 0. The molecule has 2 aliphatic rings. The van der Waals surface area contributed by atoms with Gasteiger partial charge in [-0.05, 0) is 24.1 Å². The van der Waals surface area contributed by atoms with E-state index in [0.717, 1.165) is 37.2 Å². The third kappa shape index (κ3) is 4.96. The predicted molar refractivity (Wildman–Crippen MR) is 90.5 cm³/mol. The zero-order chi connectivity index (χ0) is 18.6. The van der Waals surface area contributed by atoms with Crippen LogP contribution in [0.1, 0.15) is 17.5 Å². The van der Waals surface area contributed by atoms with Crippen molar-refractivity contribution in [1.82, 2.24) is 15.1 Å². The lowest BCUT2D eigenvalue weighted by molar-refractivity contribution is -0.145. The van der Waals surface area contributed by atoms with E-state index in [1.807, 2.05) is 4.90 Å². The van der Waals surface area contributed by atoms with Gasteiger partial charge in [-0.3, -0.25) is 9.69 Å². The van der Waals surface area contributed by atoms with E-state index in [1.165, 1.54) is 12.1 Å².